The highest BCUT2D eigenvalue weighted by atomic mass is 32.1. The minimum Gasteiger partial charge on any atom is -0.416 e. The Hall–Kier alpha value is -0.233. The summed E-state index contributed by atoms with van der Waals surface area (Å²) in [5, 5.41) is 12.9. The van der Waals surface area contributed by atoms with Crippen LogP contribution in [0.2, 0.25) is 18.1 Å². The third kappa shape index (κ3) is 4.67. The second-order valence-electron chi connectivity index (χ2n) is 7.06. The van der Waals surface area contributed by atoms with Crippen molar-refractivity contribution in [3.8, 4) is 0 Å². The average molecular weight is 302 g/mol. The first kappa shape index (κ1) is 16.8. The van der Waals surface area contributed by atoms with Crippen molar-refractivity contribution in [2.24, 2.45) is 0 Å². The summed E-state index contributed by atoms with van der Waals surface area (Å²) in [5.74, 6) is 0. The van der Waals surface area contributed by atoms with Gasteiger partial charge in [0, 0.05) is 18.4 Å². The van der Waals surface area contributed by atoms with Crippen LogP contribution in [0.1, 0.15) is 45.3 Å². The van der Waals surface area contributed by atoms with Gasteiger partial charge < -0.3 is 9.53 Å². The van der Waals surface area contributed by atoms with E-state index in [2.05, 4.69) is 38.8 Å². The Morgan fingerprint density at radius 1 is 1.26 bits per heavy atom. The van der Waals surface area contributed by atoms with Gasteiger partial charge in [-0.3, -0.25) is 0 Å². The maximum absolute atomic E-state index is 9.89. The molecule has 0 aliphatic carbocycles. The van der Waals surface area contributed by atoms with E-state index in [4.69, 9.17) is 4.43 Å². The zero-order valence-electron chi connectivity index (χ0n) is 13.2. The van der Waals surface area contributed by atoms with Gasteiger partial charge in [-0.15, -0.1) is 11.3 Å². The molecule has 0 bridgehead atoms. The van der Waals surface area contributed by atoms with Crippen LogP contribution in [0.15, 0.2) is 5.38 Å². The van der Waals surface area contributed by atoms with Crippen LogP contribution < -0.4 is 0 Å². The van der Waals surface area contributed by atoms with Crippen LogP contribution in [-0.4, -0.2) is 25.0 Å². The molecule has 0 aliphatic heterocycles. The second kappa shape index (κ2) is 5.64. The van der Waals surface area contributed by atoms with Gasteiger partial charge in [0.05, 0.1) is 5.69 Å². The molecular weight excluding hydrogens is 274 g/mol. The molecule has 1 rings (SSSR count). The number of thiazole rings is 1. The smallest absolute Gasteiger partial charge is 0.191 e. The number of nitrogens with zero attached hydrogens (tertiary/aromatic N) is 1. The number of hydrogen-bond acceptors (Lipinski definition) is 4. The monoisotopic (exact) mass is 301 g/mol. The Balaban J connectivity index is 2.53. The Kier molecular flexibility index (Phi) is 4.99. The first-order valence-electron chi connectivity index (χ1n) is 6.75. The van der Waals surface area contributed by atoms with E-state index in [-0.39, 0.29) is 5.04 Å². The van der Waals surface area contributed by atoms with Gasteiger partial charge in [-0.25, -0.2) is 4.98 Å². The average Bonchev–Trinajstić information content (AvgIpc) is 2.63. The van der Waals surface area contributed by atoms with Gasteiger partial charge in [0.1, 0.15) is 10.6 Å². The van der Waals surface area contributed by atoms with Crippen molar-refractivity contribution in [1.82, 2.24) is 4.98 Å². The highest BCUT2D eigenvalue weighted by Crippen LogP contribution is 2.36. The van der Waals surface area contributed by atoms with Gasteiger partial charge in [-0.2, -0.15) is 0 Å². The number of hydrogen-bond donors (Lipinski definition) is 1. The number of aromatic nitrogens is 1. The fourth-order valence-corrected chi connectivity index (χ4v) is 3.25. The molecule has 1 aromatic rings. The molecule has 0 atom stereocenters. The lowest BCUT2D eigenvalue weighted by Gasteiger charge is -2.36. The predicted octanol–water partition coefficient (Wildman–Crippen LogP) is 3.93. The lowest BCUT2D eigenvalue weighted by molar-refractivity contribution is 0.0780. The van der Waals surface area contributed by atoms with Gasteiger partial charge in [0.15, 0.2) is 8.32 Å². The van der Waals surface area contributed by atoms with Crippen molar-refractivity contribution in [2.75, 3.05) is 6.61 Å². The molecule has 0 saturated carbocycles. The molecule has 0 spiro atoms. The predicted molar refractivity (Wildman–Crippen MR) is 84.2 cm³/mol. The Bertz CT molecular complexity index is 416. The molecule has 19 heavy (non-hydrogen) atoms. The molecule has 0 radical (unpaired) electrons. The van der Waals surface area contributed by atoms with Crippen molar-refractivity contribution < 1.29 is 9.53 Å². The van der Waals surface area contributed by atoms with Gasteiger partial charge >= 0.3 is 0 Å². The molecule has 1 heterocycles. The third-order valence-electron chi connectivity index (χ3n) is 3.70. The van der Waals surface area contributed by atoms with Crippen LogP contribution in [0.4, 0.5) is 0 Å². The van der Waals surface area contributed by atoms with Crippen molar-refractivity contribution in [3.05, 3.63) is 16.1 Å². The first-order valence-corrected chi connectivity index (χ1v) is 10.5. The molecular formula is C14H27NO2SSi. The molecule has 0 fully saturated rings. The number of aliphatic hydroxyl groups is 1. The van der Waals surface area contributed by atoms with E-state index in [0.29, 0.717) is 6.61 Å². The van der Waals surface area contributed by atoms with E-state index in [0.717, 1.165) is 17.1 Å². The summed E-state index contributed by atoms with van der Waals surface area (Å²) < 4.78 is 6.13. The summed E-state index contributed by atoms with van der Waals surface area (Å²) in [6.45, 7) is 15.5. The van der Waals surface area contributed by atoms with E-state index < -0.39 is 13.9 Å². The summed E-state index contributed by atoms with van der Waals surface area (Å²) in [6, 6.07) is 0. The van der Waals surface area contributed by atoms with E-state index in [1.54, 1.807) is 13.8 Å². The normalized spacial score (nSPS) is 13.9. The fraction of sp³-hybridized carbons (Fsp3) is 0.786. The molecule has 0 saturated heterocycles. The highest BCUT2D eigenvalue weighted by molar-refractivity contribution is 7.09. The minimum absolute atomic E-state index is 0.243. The largest absolute Gasteiger partial charge is 0.416 e. The SMILES string of the molecule is CC(C)(O)c1nc(CCO[Si](C)(C)C(C)(C)C)cs1. The zero-order chi connectivity index (χ0) is 14.9. The van der Waals surface area contributed by atoms with E-state index in [1.807, 2.05) is 5.38 Å². The first-order chi connectivity index (χ1) is 8.43. The zero-order valence-corrected chi connectivity index (χ0v) is 15.0. The molecule has 110 valence electrons. The van der Waals surface area contributed by atoms with Crippen LogP contribution >= 0.6 is 11.3 Å². The van der Waals surface area contributed by atoms with Crippen LogP contribution in [0.5, 0.6) is 0 Å². The maximum Gasteiger partial charge on any atom is 0.191 e. The van der Waals surface area contributed by atoms with Crippen LogP contribution in [0.3, 0.4) is 0 Å². The fourth-order valence-electron chi connectivity index (χ4n) is 1.33. The van der Waals surface area contributed by atoms with E-state index >= 15 is 0 Å². The van der Waals surface area contributed by atoms with E-state index in [1.165, 1.54) is 11.3 Å². The van der Waals surface area contributed by atoms with E-state index in [9.17, 15) is 5.11 Å². The Morgan fingerprint density at radius 3 is 2.26 bits per heavy atom. The van der Waals surface area contributed by atoms with Crippen LogP contribution in [0, 0.1) is 0 Å². The summed E-state index contributed by atoms with van der Waals surface area (Å²) >= 11 is 1.51. The van der Waals surface area contributed by atoms with Crippen molar-refractivity contribution in [1.29, 1.82) is 0 Å². The van der Waals surface area contributed by atoms with Gasteiger partial charge in [0.2, 0.25) is 0 Å². The molecule has 5 heteroatoms. The molecule has 1 N–H and O–H groups in total. The summed E-state index contributed by atoms with van der Waals surface area (Å²) in [6.07, 6.45) is 0.819. The minimum atomic E-state index is -1.66. The maximum atomic E-state index is 9.89. The third-order valence-corrected chi connectivity index (χ3v) is 9.44. The summed E-state index contributed by atoms with van der Waals surface area (Å²) in [5.41, 5.74) is 0.171. The van der Waals surface area contributed by atoms with Gasteiger partial charge in [0.25, 0.3) is 0 Å². The van der Waals surface area contributed by atoms with Crippen molar-refractivity contribution in [2.45, 2.75) is 64.8 Å². The molecule has 3 nitrogen and oxygen atoms in total. The van der Waals surface area contributed by atoms with Crippen LogP contribution in [0.25, 0.3) is 0 Å². The lowest BCUT2D eigenvalue weighted by Crippen LogP contribution is -2.41. The molecule has 0 amide bonds. The number of rotatable bonds is 5. The second-order valence-corrected chi connectivity index (χ2v) is 12.7. The lowest BCUT2D eigenvalue weighted by atomic mass is 10.1. The van der Waals surface area contributed by atoms with Crippen molar-refractivity contribution in [3.63, 3.8) is 0 Å². The molecule has 0 aromatic carbocycles. The quantitative estimate of drug-likeness (QED) is 0.838. The molecule has 0 aliphatic rings. The molecule has 1 aromatic heterocycles. The molecule has 0 unspecified atom stereocenters. The Morgan fingerprint density at radius 2 is 1.84 bits per heavy atom. The topological polar surface area (TPSA) is 42.4 Å². The Labute approximate surface area is 122 Å². The van der Waals surface area contributed by atoms with Gasteiger partial charge in [-0.05, 0) is 32.0 Å². The summed E-state index contributed by atoms with van der Waals surface area (Å²) in [4.78, 5) is 4.47. The van der Waals surface area contributed by atoms with Gasteiger partial charge in [-0.1, -0.05) is 20.8 Å². The van der Waals surface area contributed by atoms with Crippen molar-refractivity contribution >= 4 is 19.7 Å². The van der Waals surface area contributed by atoms with Crippen LogP contribution in [-0.2, 0) is 16.4 Å². The summed E-state index contributed by atoms with van der Waals surface area (Å²) in [7, 11) is -1.66. The standard InChI is InChI=1S/C14H27NO2SSi/c1-13(2,3)19(6,7)17-9-8-11-10-18-12(15-11)14(4,5)16/h10,16H,8-9H2,1-7H3. The highest BCUT2D eigenvalue weighted by Gasteiger charge is 2.36.